The van der Waals surface area contributed by atoms with Crippen molar-refractivity contribution in [1.29, 1.82) is 0 Å². The molecule has 2 heterocycles. The lowest BCUT2D eigenvalue weighted by atomic mass is 10.2. The van der Waals surface area contributed by atoms with E-state index in [0.29, 0.717) is 10.2 Å². The van der Waals surface area contributed by atoms with Gasteiger partial charge in [0.2, 0.25) is 0 Å². The maximum absolute atomic E-state index is 13.7. The third-order valence-electron chi connectivity index (χ3n) is 3.29. The first-order chi connectivity index (χ1) is 10.5. The van der Waals surface area contributed by atoms with Crippen molar-refractivity contribution in [3.63, 3.8) is 0 Å². The Kier molecular flexibility index (Phi) is 3.66. The van der Waals surface area contributed by atoms with Crippen LogP contribution in [0.5, 0.6) is 0 Å². The van der Waals surface area contributed by atoms with Crippen LogP contribution in [0.3, 0.4) is 0 Å². The number of hydrogen-bond acceptors (Lipinski definition) is 3. The van der Waals surface area contributed by atoms with Crippen molar-refractivity contribution in [2.24, 2.45) is 7.05 Å². The van der Waals surface area contributed by atoms with E-state index >= 15 is 0 Å². The molecule has 3 aromatic rings. The Bertz CT molecular complexity index is 891. The molecule has 3 rings (SSSR count). The van der Waals surface area contributed by atoms with Gasteiger partial charge in [-0.15, -0.1) is 0 Å². The summed E-state index contributed by atoms with van der Waals surface area (Å²) in [5.74, 6) is -1.10. The van der Waals surface area contributed by atoms with Crippen LogP contribution in [-0.4, -0.2) is 20.7 Å². The van der Waals surface area contributed by atoms with Gasteiger partial charge in [0.1, 0.15) is 5.82 Å². The smallest absolute Gasteiger partial charge is 0.258 e. The number of hydrogen-bond donors (Lipinski definition) is 1. The summed E-state index contributed by atoms with van der Waals surface area (Å²) in [6.45, 7) is 1.86. The zero-order valence-electron chi connectivity index (χ0n) is 11.9. The first kappa shape index (κ1) is 14.6. The molecule has 112 valence electrons. The summed E-state index contributed by atoms with van der Waals surface area (Å²) >= 11 is 3.22. The summed E-state index contributed by atoms with van der Waals surface area (Å²) in [6, 6.07) is 5.99. The number of anilines is 1. The number of halogens is 2. The second-order valence-electron chi connectivity index (χ2n) is 4.88. The van der Waals surface area contributed by atoms with E-state index in [2.05, 4.69) is 31.3 Å². The average molecular weight is 363 g/mol. The Balaban J connectivity index is 1.94. The Morgan fingerprint density at radius 2 is 2.14 bits per heavy atom. The Labute approximate surface area is 134 Å². The van der Waals surface area contributed by atoms with Crippen molar-refractivity contribution in [1.82, 2.24) is 14.8 Å². The molecule has 1 aromatic carbocycles. The van der Waals surface area contributed by atoms with Gasteiger partial charge in [-0.25, -0.2) is 9.37 Å². The van der Waals surface area contributed by atoms with E-state index in [1.165, 1.54) is 18.3 Å². The minimum Gasteiger partial charge on any atom is -0.320 e. The number of pyridine rings is 1. The SMILES string of the molecule is Cc1nn(C)c2ncc(NC(=O)c3cc(Br)ccc3F)cc12. The topological polar surface area (TPSA) is 59.8 Å². The lowest BCUT2D eigenvalue weighted by molar-refractivity contribution is 0.102. The molecule has 0 aliphatic rings. The van der Waals surface area contributed by atoms with Gasteiger partial charge in [0.15, 0.2) is 5.65 Å². The molecule has 0 saturated carbocycles. The molecule has 0 aliphatic heterocycles. The monoisotopic (exact) mass is 362 g/mol. The summed E-state index contributed by atoms with van der Waals surface area (Å²) in [4.78, 5) is 16.5. The van der Waals surface area contributed by atoms with Crippen molar-refractivity contribution >= 4 is 38.6 Å². The Morgan fingerprint density at radius 1 is 1.36 bits per heavy atom. The van der Waals surface area contributed by atoms with Crippen LogP contribution < -0.4 is 5.32 Å². The van der Waals surface area contributed by atoms with Crippen LogP contribution in [0.15, 0.2) is 34.9 Å². The van der Waals surface area contributed by atoms with Crippen LogP contribution in [0.1, 0.15) is 16.1 Å². The highest BCUT2D eigenvalue weighted by atomic mass is 79.9. The molecule has 0 radical (unpaired) electrons. The van der Waals surface area contributed by atoms with Crippen LogP contribution in [0.4, 0.5) is 10.1 Å². The number of carbonyl (C=O) groups excluding carboxylic acids is 1. The zero-order valence-corrected chi connectivity index (χ0v) is 13.5. The fourth-order valence-corrected chi connectivity index (χ4v) is 2.61. The molecule has 1 amide bonds. The van der Waals surface area contributed by atoms with E-state index < -0.39 is 11.7 Å². The number of nitrogens with zero attached hydrogens (tertiary/aromatic N) is 3. The van der Waals surface area contributed by atoms with Gasteiger partial charge < -0.3 is 5.32 Å². The second kappa shape index (κ2) is 5.49. The standard InChI is InChI=1S/C15H12BrFN4O/c1-8-11-6-10(7-18-14(11)21(2)20-8)19-15(22)12-5-9(16)3-4-13(12)17/h3-7H,1-2H3,(H,19,22). The van der Waals surface area contributed by atoms with Gasteiger partial charge in [-0.2, -0.15) is 5.10 Å². The maximum Gasteiger partial charge on any atom is 0.258 e. The molecule has 0 unspecified atom stereocenters. The molecule has 5 nitrogen and oxygen atoms in total. The highest BCUT2D eigenvalue weighted by Crippen LogP contribution is 2.21. The summed E-state index contributed by atoms with van der Waals surface area (Å²) in [5, 5.41) is 7.77. The lowest BCUT2D eigenvalue weighted by Crippen LogP contribution is -2.14. The van der Waals surface area contributed by atoms with Crippen LogP contribution in [0.2, 0.25) is 0 Å². The summed E-state index contributed by atoms with van der Waals surface area (Å²) in [5.41, 5.74) is 2.00. The molecule has 1 N–H and O–H groups in total. The van der Waals surface area contributed by atoms with Gasteiger partial charge in [0.25, 0.3) is 5.91 Å². The Hall–Kier alpha value is -2.28. The van der Waals surface area contributed by atoms with Crippen LogP contribution in [-0.2, 0) is 7.05 Å². The maximum atomic E-state index is 13.7. The molecule has 0 spiro atoms. The van der Waals surface area contributed by atoms with Gasteiger partial charge in [-0.1, -0.05) is 15.9 Å². The van der Waals surface area contributed by atoms with E-state index in [0.717, 1.165) is 16.7 Å². The van der Waals surface area contributed by atoms with Gasteiger partial charge in [0.05, 0.1) is 23.1 Å². The van der Waals surface area contributed by atoms with E-state index in [-0.39, 0.29) is 5.56 Å². The summed E-state index contributed by atoms with van der Waals surface area (Å²) in [7, 11) is 1.80. The highest BCUT2D eigenvalue weighted by molar-refractivity contribution is 9.10. The quantitative estimate of drug-likeness (QED) is 0.759. The zero-order chi connectivity index (χ0) is 15.9. The van der Waals surface area contributed by atoms with E-state index in [1.54, 1.807) is 23.9 Å². The molecule has 0 aliphatic carbocycles. The number of aromatic nitrogens is 3. The van der Waals surface area contributed by atoms with Gasteiger partial charge in [-0.05, 0) is 31.2 Å². The number of fused-ring (bicyclic) bond motifs is 1. The number of carbonyl (C=O) groups is 1. The third kappa shape index (κ3) is 2.59. The van der Waals surface area contributed by atoms with Crippen LogP contribution >= 0.6 is 15.9 Å². The van der Waals surface area contributed by atoms with Crippen LogP contribution in [0, 0.1) is 12.7 Å². The predicted molar refractivity (Wildman–Crippen MR) is 85.3 cm³/mol. The number of amides is 1. The average Bonchev–Trinajstić information content (AvgIpc) is 2.76. The molecular formula is C15H12BrFN4O. The molecular weight excluding hydrogens is 351 g/mol. The predicted octanol–water partition coefficient (Wildman–Crippen LogP) is 3.43. The normalized spacial score (nSPS) is 10.9. The molecule has 0 saturated heterocycles. The minimum atomic E-state index is -0.577. The van der Waals surface area contributed by atoms with Gasteiger partial charge >= 0.3 is 0 Å². The Morgan fingerprint density at radius 3 is 2.91 bits per heavy atom. The molecule has 0 atom stereocenters. The largest absolute Gasteiger partial charge is 0.320 e. The number of nitrogens with one attached hydrogen (secondary N) is 1. The van der Waals surface area contributed by atoms with E-state index in [1.807, 2.05) is 6.92 Å². The van der Waals surface area contributed by atoms with Crippen molar-refractivity contribution in [2.75, 3.05) is 5.32 Å². The molecule has 0 bridgehead atoms. The van der Waals surface area contributed by atoms with Crippen molar-refractivity contribution in [2.45, 2.75) is 6.92 Å². The number of aryl methyl sites for hydroxylation is 2. The fourth-order valence-electron chi connectivity index (χ4n) is 2.25. The van der Waals surface area contributed by atoms with E-state index in [4.69, 9.17) is 0 Å². The van der Waals surface area contributed by atoms with Crippen LogP contribution in [0.25, 0.3) is 11.0 Å². The lowest BCUT2D eigenvalue weighted by Gasteiger charge is -2.06. The fraction of sp³-hybridized carbons (Fsp3) is 0.133. The highest BCUT2D eigenvalue weighted by Gasteiger charge is 2.14. The molecule has 7 heteroatoms. The molecule has 2 aromatic heterocycles. The van der Waals surface area contributed by atoms with E-state index in [9.17, 15) is 9.18 Å². The van der Waals surface area contributed by atoms with Crippen molar-refractivity contribution in [3.8, 4) is 0 Å². The number of benzene rings is 1. The minimum absolute atomic E-state index is 0.0302. The number of rotatable bonds is 2. The summed E-state index contributed by atoms with van der Waals surface area (Å²) < 4.78 is 16.0. The third-order valence-corrected chi connectivity index (χ3v) is 3.79. The van der Waals surface area contributed by atoms with Gasteiger partial charge in [0, 0.05) is 16.9 Å². The summed E-state index contributed by atoms with van der Waals surface area (Å²) in [6.07, 6.45) is 1.53. The first-order valence-corrected chi connectivity index (χ1v) is 7.31. The molecule has 0 fully saturated rings. The molecule has 22 heavy (non-hydrogen) atoms. The first-order valence-electron chi connectivity index (χ1n) is 6.51. The van der Waals surface area contributed by atoms with Crippen molar-refractivity contribution in [3.05, 3.63) is 52.0 Å². The van der Waals surface area contributed by atoms with Crippen molar-refractivity contribution < 1.29 is 9.18 Å². The second-order valence-corrected chi connectivity index (χ2v) is 5.80. The van der Waals surface area contributed by atoms with Gasteiger partial charge in [-0.3, -0.25) is 9.48 Å².